The number of ketones is 1. The highest BCUT2D eigenvalue weighted by molar-refractivity contribution is 6.01. The molecule has 0 spiro atoms. The first kappa shape index (κ1) is 27.3. The maximum Gasteiger partial charge on any atom is 0.343 e. The molecule has 1 saturated carbocycles. The Labute approximate surface area is 225 Å². The van der Waals surface area contributed by atoms with Crippen molar-refractivity contribution in [2.45, 2.75) is 45.1 Å². The number of carbonyl (C=O) groups excluding carboxylic acids is 3. The second kappa shape index (κ2) is 12.2. The van der Waals surface area contributed by atoms with Gasteiger partial charge in [0.2, 0.25) is 0 Å². The van der Waals surface area contributed by atoms with Gasteiger partial charge < -0.3 is 15.4 Å². The van der Waals surface area contributed by atoms with E-state index in [9.17, 15) is 14.4 Å². The van der Waals surface area contributed by atoms with E-state index in [0.29, 0.717) is 24.9 Å². The summed E-state index contributed by atoms with van der Waals surface area (Å²) < 4.78 is 21.0. The van der Waals surface area contributed by atoms with Gasteiger partial charge in [-0.15, -0.1) is 0 Å². The molecule has 2 aromatic carbocycles. The van der Waals surface area contributed by atoms with Gasteiger partial charge in [0.1, 0.15) is 23.5 Å². The number of urea groups is 1. The van der Waals surface area contributed by atoms with Gasteiger partial charge in [-0.25, -0.2) is 19.0 Å². The molecule has 3 aromatic rings. The quantitative estimate of drug-likeness (QED) is 0.182. The second-order valence-electron chi connectivity index (χ2n) is 9.10. The molecule has 2 atom stereocenters. The van der Waals surface area contributed by atoms with Crippen molar-refractivity contribution in [3.05, 3.63) is 82.8 Å². The van der Waals surface area contributed by atoms with Crippen LogP contribution >= 0.6 is 0 Å². The van der Waals surface area contributed by atoms with Gasteiger partial charge in [0.15, 0.2) is 5.78 Å². The first-order valence-corrected chi connectivity index (χ1v) is 12.7. The maximum atomic E-state index is 15.2. The Morgan fingerprint density at radius 1 is 1.15 bits per heavy atom. The third-order valence-corrected chi connectivity index (χ3v) is 6.21. The molecule has 1 aliphatic carbocycles. The number of carbonyl (C=O) groups is 3. The fourth-order valence-electron chi connectivity index (χ4n) is 4.25. The number of rotatable bonds is 10. The lowest BCUT2D eigenvalue weighted by Crippen LogP contribution is -2.31. The normalized spacial score (nSPS) is 15.5. The van der Waals surface area contributed by atoms with Crippen LogP contribution in [0.2, 0.25) is 0 Å². The molecule has 39 heavy (non-hydrogen) atoms. The molecule has 0 unspecified atom stereocenters. The number of nitrogens with one attached hydrogen (secondary N) is 3. The topological polar surface area (TPSA) is 133 Å². The Morgan fingerprint density at radius 3 is 2.67 bits per heavy atom. The van der Waals surface area contributed by atoms with Crippen LogP contribution in [-0.2, 0) is 0 Å². The molecule has 1 fully saturated rings. The van der Waals surface area contributed by atoms with Crippen molar-refractivity contribution in [1.29, 1.82) is 5.26 Å². The number of hydrogen-bond donors (Lipinski definition) is 3. The lowest BCUT2D eigenvalue weighted by molar-refractivity contribution is 0.0730. The van der Waals surface area contributed by atoms with Crippen LogP contribution in [0.1, 0.15) is 70.9 Å². The number of Topliss-reactive ketones (excluding diaryl/α,β-unsaturated/α-hetero) is 1. The number of benzene rings is 2. The van der Waals surface area contributed by atoms with Crippen LogP contribution in [0.4, 0.5) is 20.7 Å². The van der Waals surface area contributed by atoms with Gasteiger partial charge in [-0.3, -0.25) is 10.1 Å². The summed E-state index contributed by atoms with van der Waals surface area (Å²) in [7, 11) is 0. The third-order valence-electron chi connectivity index (χ3n) is 6.21. The molecule has 2 amide bonds. The third kappa shape index (κ3) is 6.57. The molecule has 10 heteroatoms. The van der Waals surface area contributed by atoms with Crippen molar-refractivity contribution in [3.63, 3.8) is 0 Å². The molecule has 4 rings (SSSR count). The van der Waals surface area contributed by atoms with Gasteiger partial charge in [-0.2, -0.15) is 5.26 Å². The van der Waals surface area contributed by atoms with Crippen LogP contribution in [0.25, 0.3) is 0 Å². The molecule has 0 saturated heterocycles. The standard InChI is InChI=1S/C29H28FN5O4/c1-3-6-24(36)20-10-11-22(30)26(27(20)39-28(37)18-7-5-8-19(13-18)32-4-2)21-14-23(21)34-29(38)35-25-12-9-17(15-31)16-33-25/h5,7-13,16,21,23,32H,3-4,6,14H2,1-2H3,(H2,33,34,35,38)/t21-,23+/m1/s1. The number of pyridine rings is 1. The van der Waals surface area contributed by atoms with Crippen molar-refractivity contribution in [1.82, 2.24) is 10.3 Å². The average molecular weight is 530 g/mol. The lowest BCUT2D eigenvalue weighted by Gasteiger charge is -2.16. The molecule has 1 aliphatic rings. The van der Waals surface area contributed by atoms with E-state index in [4.69, 9.17) is 10.00 Å². The van der Waals surface area contributed by atoms with Crippen molar-refractivity contribution in [2.24, 2.45) is 0 Å². The summed E-state index contributed by atoms with van der Waals surface area (Å²) in [5, 5.41) is 17.3. The van der Waals surface area contributed by atoms with Gasteiger partial charge in [0, 0.05) is 42.4 Å². The molecule has 1 aromatic heterocycles. The molecule has 200 valence electrons. The molecule has 0 bridgehead atoms. The van der Waals surface area contributed by atoms with Gasteiger partial charge in [-0.1, -0.05) is 13.0 Å². The molecule has 9 nitrogen and oxygen atoms in total. The number of nitriles is 1. The van der Waals surface area contributed by atoms with Crippen LogP contribution in [0.15, 0.2) is 54.7 Å². The second-order valence-corrected chi connectivity index (χ2v) is 9.10. The van der Waals surface area contributed by atoms with E-state index in [2.05, 4.69) is 20.9 Å². The molecule has 0 aliphatic heterocycles. The van der Waals surface area contributed by atoms with Crippen molar-refractivity contribution in [2.75, 3.05) is 17.2 Å². The SMILES string of the molecule is CCCC(=O)c1ccc(F)c([C@@H]2C[C@@H]2NC(=O)Nc2ccc(C#N)cn2)c1OC(=O)c1cccc(NCC)c1. The molecule has 3 N–H and O–H groups in total. The molecular formula is C29H28FN5O4. The smallest absolute Gasteiger partial charge is 0.343 e. The van der Waals surface area contributed by atoms with E-state index in [1.165, 1.54) is 30.5 Å². The minimum atomic E-state index is -0.720. The number of aromatic nitrogens is 1. The number of hydrogen-bond acceptors (Lipinski definition) is 7. The monoisotopic (exact) mass is 529 g/mol. The summed E-state index contributed by atoms with van der Waals surface area (Å²) in [4.78, 5) is 42.5. The summed E-state index contributed by atoms with van der Waals surface area (Å²) in [6, 6.07) is 13.2. The number of nitrogens with zero attached hydrogens (tertiary/aromatic N) is 2. The Balaban J connectivity index is 1.57. The number of anilines is 2. The van der Waals surface area contributed by atoms with E-state index in [1.54, 1.807) is 18.2 Å². The predicted molar refractivity (Wildman–Crippen MR) is 143 cm³/mol. The van der Waals surface area contributed by atoms with Crippen LogP contribution in [0.5, 0.6) is 5.75 Å². The average Bonchev–Trinajstić information content (AvgIpc) is 3.67. The first-order valence-electron chi connectivity index (χ1n) is 12.7. The van der Waals surface area contributed by atoms with E-state index in [0.717, 1.165) is 5.69 Å². The van der Waals surface area contributed by atoms with Crippen molar-refractivity contribution in [3.8, 4) is 11.8 Å². The lowest BCUT2D eigenvalue weighted by atomic mass is 9.99. The highest BCUT2D eigenvalue weighted by atomic mass is 19.1. The Morgan fingerprint density at radius 2 is 1.97 bits per heavy atom. The summed E-state index contributed by atoms with van der Waals surface area (Å²) in [6.07, 6.45) is 2.49. The number of esters is 1. The van der Waals surface area contributed by atoms with Crippen LogP contribution in [0, 0.1) is 17.1 Å². The first-order chi connectivity index (χ1) is 18.8. The van der Waals surface area contributed by atoms with Crippen LogP contribution in [0.3, 0.4) is 0 Å². The summed E-state index contributed by atoms with van der Waals surface area (Å²) in [5.74, 6) is -1.99. The van der Waals surface area contributed by atoms with Gasteiger partial charge >= 0.3 is 12.0 Å². The van der Waals surface area contributed by atoms with E-state index < -0.39 is 29.8 Å². The Bertz CT molecular complexity index is 1430. The summed E-state index contributed by atoms with van der Waals surface area (Å²) in [6.45, 7) is 4.44. The number of halogens is 1. The van der Waals surface area contributed by atoms with E-state index in [1.807, 2.05) is 26.0 Å². The maximum absolute atomic E-state index is 15.2. The molecule has 0 radical (unpaired) electrons. The Kier molecular flexibility index (Phi) is 8.51. The fraction of sp³-hybridized carbons (Fsp3) is 0.276. The van der Waals surface area contributed by atoms with Crippen molar-refractivity contribution >= 4 is 29.3 Å². The Hall–Kier alpha value is -4.78. The zero-order valence-electron chi connectivity index (χ0n) is 21.6. The fourth-order valence-corrected chi connectivity index (χ4v) is 4.25. The zero-order chi connectivity index (χ0) is 27.9. The van der Waals surface area contributed by atoms with Gasteiger partial charge in [0.25, 0.3) is 0 Å². The highest BCUT2D eigenvalue weighted by Gasteiger charge is 2.44. The largest absolute Gasteiger partial charge is 0.422 e. The van der Waals surface area contributed by atoms with Crippen molar-refractivity contribution < 1.29 is 23.5 Å². The molecule has 1 heterocycles. The van der Waals surface area contributed by atoms with Crippen LogP contribution in [-0.4, -0.2) is 35.4 Å². The van der Waals surface area contributed by atoms with Gasteiger partial charge in [-0.05, 0) is 62.2 Å². The zero-order valence-corrected chi connectivity index (χ0v) is 21.6. The number of amides is 2. The molecular weight excluding hydrogens is 501 g/mol. The predicted octanol–water partition coefficient (Wildman–Crippen LogP) is 5.40. The van der Waals surface area contributed by atoms with E-state index in [-0.39, 0.29) is 40.5 Å². The summed E-state index contributed by atoms with van der Waals surface area (Å²) in [5.41, 5.74) is 1.53. The highest BCUT2D eigenvalue weighted by Crippen LogP contribution is 2.47. The number of ether oxygens (including phenoxy) is 1. The van der Waals surface area contributed by atoms with Crippen LogP contribution < -0.4 is 20.7 Å². The summed E-state index contributed by atoms with van der Waals surface area (Å²) >= 11 is 0. The minimum Gasteiger partial charge on any atom is -0.422 e. The van der Waals surface area contributed by atoms with E-state index >= 15 is 4.39 Å². The minimum absolute atomic E-state index is 0.0786. The van der Waals surface area contributed by atoms with Gasteiger partial charge in [0.05, 0.1) is 16.7 Å².